The Morgan fingerprint density at radius 2 is 1.61 bits per heavy atom. The molecule has 7 heteroatoms. The number of hydrogen-bond acceptors (Lipinski definition) is 7. The molecule has 0 aliphatic carbocycles. The van der Waals surface area contributed by atoms with Gasteiger partial charge in [0, 0.05) is 57.9 Å². The lowest BCUT2D eigenvalue weighted by atomic mass is 10.3. The Bertz CT molecular complexity index is 617. The summed E-state index contributed by atoms with van der Waals surface area (Å²) in [5, 5.41) is 3.99. The maximum atomic E-state index is 4.90. The second-order valence-corrected chi connectivity index (χ2v) is 6.18. The first kappa shape index (κ1) is 14.4. The first-order chi connectivity index (χ1) is 11.4. The summed E-state index contributed by atoms with van der Waals surface area (Å²) in [5.74, 6) is 2.11. The van der Waals surface area contributed by atoms with E-state index in [4.69, 9.17) is 4.52 Å². The minimum atomic E-state index is 0.854. The smallest absolute Gasteiger partial charge is 0.134 e. The molecule has 122 valence electrons. The monoisotopic (exact) mass is 314 g/mol. The minimum Gasteiger partial charge on any atom is -0.364 e. The third-order valence-electron chi connectivity index (χ3n) is 4.64. The Hall–Kier alpha value is -2.15. The number of nitrogens with zero attached hydrogens (tertiary/aromatic N) is 6. The van der Waals surface area contributed by atoms with Gasteiger partial charge in [-0.2, -0.15) is 0 Å². The highest BCUT2D eigenvalue weighted by Crippen LogP contribution is 2.22. The van der Waals surface area contributed by atoms with E-state index in [-0.39, 0.29) is 0 Å². The fourth-order valence-corrected chi connectivity index (χ4v) is 3.31. The molecule has 0 radical (unpaired) electrons. The third-order valence-corrected chi connectivity index (χ3v) is 4.64. The average Bonchev–Trinajstić information content (AvgIpc) is 3.29. The lowest BCUT2D eigenvalue weighted by Gasteiger charge is -2.35. The Morgan fingerprint density at radius 3 is 2.26 bits per heavy atom. The highest BCUT2D eigenvalue weighted by atomic mass is 16.5. The Morgan fingerprint density at radius 1 is 0.913 bits per heavy atom. The van der Waals surface area contributed by atoms with Gasteiger partial charge in [-0.15, -0.1) is 0 Å². The van der Waals surface area contributed by atoms with Gasteiger partial charge in [-0.25, -0.2) is 9.97 Å². The second kappa shape index (κ2) is 6.54. The Kier molecular flexibility index (Phi) is 4.10. The summed E-state index contributed by atoms with van der Waals surface area (Å²) in [4.78, 5) is 16.0. The predicted octanol–water partition coefficient (Wildman–Crippen LogP) is 1.39. The second-order valence-electron chi connectivity index (χ2n) is 6.18. The highest BCUT2D eigenvalue weighted by molar-refractivity contribution is 5.50. The normalized spacial score (nSPS) is 19.5. The van der Waals surface area contributed by atoms with Crippen molar-refractivity contribution >= 4 is 11.6 Å². The van der Waals surface area contributed by atoms with Crippen LogP contribution in [-0.2, 0) is 6.54 Å². The summed E-state index contributed by atoms with van der Waals surface area (Å²) in [7, 11) is 0. The molecule has 0 unspecified atom stereocenters. The molecule has 2 aromatic heterocycles. The molecule has 4 heterocycles. The van der Waals surface area contributed by atoms with Gasteiger partial charge in [0.1, 0.15) is 24.2 Å². The molecular formula is C16H22N6O. The van der Waals surface area contributed by atoms with Crippen molar-refractivity contribution in [3.63, 3.8) is 0 Å². The zero-order chi connectivity index (χ0) is 15.5. The van der Waals surface area contributed by atoms with Crippen molar-refractivity contribution in [1.29, 1.82) is 0 Å². The number of hydrogen-bond donors (Lipinski definition) is 0. The zero-order valence-electron chi connectivity index (χ0n) is 13.3. The molecule has 2 aliphatic rings. The summed E-state index contributed by atoms with van der Waals surface area (Å²) >= 11 is 0. The SMILES string of the molecule is c1nc(N2CCCC2)cc(N2CCN(Cc3ccon3)CC2)n1. The molecule has 0 atom stereocenters. The van der Waals surface area contributed by atoms with Crippen molar-refractivity contribution < 1.29 is 4.52 Å². The van der Waals surface area contributed by atoms with E-state index in [0.29, 0.717) is 0 Å². The minimum absolute atomic E-state index is 0.854. The van der Waals surface area contributed by atoms with Gasteiger partial charge < -0.3 is 14.3 Å². The van der Waals surface area contributed by atoms with Crippen molar-refractivity contribution in [2.45, 2.75) is 19.4 Å². The Labute approximate surface area is 135 Å². The Balaban J connectivity index is 1.37. The summed E-state index contributed by atoms with van der Waals surface area (Å²) < 4.78 is 4.90. The van der Waals surface area contributed by atoms with E-state index in [2.05, 4.69) is 35.9 Å². The molecule has 4 rings (SSSR count). The summed E-state index contributed by atoms with van der Waals surface area (Å²) in [6.45, 7) is 7.06. The van der Waals surface area contributed by atoms with Crippen LogP contribution in [0.25, 0.3) is 0 Å². The molecule has 2 saturated heterocycles. The van der Waals surface area contributed by atoms with Gasteiger partial charge in [-0.05, 0) is 12.8 Å². The number of piperazine rings is 1. The topological polar surface area (TPSA) is 61.5 Å². The maximum Gasteiger partial charge on any atom is 0.134 e. The maximum absolute atomic E-state index is 4.90. The summed E-state index contributed by atoms with van der Waals surface area (Å²) in [6.07, 6.45) is 5.86. The average molecular weight is 314 g/mol. The van der Waals surface area contributed by atoms with Crippen LogP contribution in [0.4, 0.5) is 11.6 Å². The first-order valence-electron chi connectivity index (χ1n) is 8.32. The van der Waals surface area contributed by atoms with Crippen molar-refractivity contribution in [3.8, 4) is 0 Å². The zero-order valence-corrected chi connectivity index (χ0v) is 13.3. The largest absolute Gasteiger partial charge is 0.364 e. The summed E-state index contributed by atoms with van der Waals surface area (Å²) in [5.41, 5.74) is 0.997. The highest BCUT2D eigenvalue weighted by Gasteiger charge is 2.20. The van der Waals surface area contributed by atoms with Crippen LogP contribution in [0, 0.1) is 0 Å². The van der Waals surface area contributed by atoms with Crippen LogP contribution in [-0.4, -0.2) is 59.3 Å². The van der Waals surface area contributed by atoms with Crippen LogP contribution in [0.1, 0.15) is 18.5 Å². The van der Waals surface area contributed by atoms with Crippen LogP contribution in [0.3, 0.4) is 0 Å². The van der Waals surface area contributed by atoms with Crippen LogP contribution >= 0.6 is 0 Å². The van der Waals surface area contributed by atoms with E-state index < -0.39 is 0 Å². The van der Waals surface area contributed by atoms with Crippen LogP contribution < -0.4 is 9.80 Å². The molecule has 0 saturated carbocycles. The van der Waals surface area contributed by atoms with E-state index >= 15 is 0 Å². The summed E-state index contributed by atoms with van der Waals surface area (Å²) in [6, 6.07) is 4.07. The van der Waals surface area contributed by atoms with Gasteiger partial charge in [0.2, 0.25) is 0 Å². The molecule has 23 heavy (non-hydrogen) atoms. The van der Waals surface area contributed by atoms with Crippen molar-refractivity contribution in [2.24, 2.45) is 0 Å². The lowest BCUT2D eigenvalue weighted by molar-refractivity contribution is 0.241. The van der Waals surface area contributed by atoms with Gasteiger partial charge in [-0.3, -0.25) is 4.90 Å². The van der Waals surface area contributed by atoms with Crippen LogP contribution in [0.5, 0.6) is 0 Å². The quantitative estimate of drug-likeness (QED) is 0.845. The fraction of sp³-hybridized carbons (Fsp3) is 0.562. The van der Waals surface area contributed by atoms with E-state index in [9.17, 15) is 0 Å². The molecule has 0 bridgehead atoms. The van der Waals surface area contributed by atoms with Gasteiger partial charge in [0.25, 0.3) is 0 Å². The standard InChI is InChI=1S/C16H22N6O/c1-2-5-21(4-1)15-11-16(18-13-17-15)22-8-6-20(7-9-22)12-14-3-10-23-19-14/h3,10-11,13H,1-2,4-9,12H2. The molecule has 2 fully saturated rings. The molecule has 7 nitrogen and oxygen atoms in total. The van der Waals surface area contributed by atoms with Crippen LogP contribution in [0.2, 0.25) is 0 Å². The first-order valence-corrected chi connectivity index (χ1v) is 8.32. The third kappa shape index (κ3) is 3.29. The molecular weight excluding hydrogens is 292 g/mol. The van der Waals surface area contributed by atoms with Crippen molar-refractivity contribution in [2.75, 3.05) is 49.1 Å². The molecule has 0 N–H and O–H groups in total. The number of anilines is 2. The number of rotatable bonds is 4. The van der Waals surface area contributed by atoms with E-state index in [1.54, 1.807) is 12.6 Å². The molecule has 2 aromatic rings. The van der Waals surface area contributed by atoms with Crippen LogP contribution in [0.15, 0.2) is 29.2 Å². The number of aromatic nitrogens is 3. The van der Waals surface area contributed by atoms with Crippen molar-refractivity contribution in [3.05, 3.63) is 30.4 Å². The van der Waals surface area contributed by atoms with Crippen molar-refractivity contribution in [1.82, 2.24) is 20.0 Å². The predicted molar refractivity (Wildman–Crippen MR) is 87.5 cm³/mol. The molecule has 0 amide bonds. The van der Waals surface area contributed by atoms with Gasteiger partial charge in [0.05, 0.1) is 5.69 Å². The fourth-order valence-electron chi connectivity index (χ4n) is 3.31. The molecule has 2 aliphatic heterocycles. The van der Waals surface area contributed by atoms with Gasteiger partial charge in [0.15, 0.2) is 0 Å². The van der Waals surface area contributed by atoms with E-state index in [1.807, 2.05) is 6.07 Å². The molecule has 0 spiro atoms. The van der Waals surface area contributed by atoms with Gasteiger partial charge >= 0.3 is 0 Å². The van der Waals surface area contributed by atoms with E-state index in [0.717, 1.165) is 63.1 Å². The molecule has 0 aromatic carbocycles. The van der Waals surface area contributed by atoms with E-state index in [1.165, 1.54) is 12.8 Å². The van der Waals surface area contributed by atoms with Gasteiger partial charge in [-0.1, -0.05) is 5.16 Å². The lowest BCUT2D eigenvalue weighted by Crippen LogP contribution is -2.46.